The van der Waals surface area contributed by atoms with Crippen LogP contribution in [0, 0.1) is 0 Å². The highest BCUT2D eigenvalue weighted by Crippen LogP contribution is 2.16. The van der Waals surface area contributed by atoms with Crippen molar-refractivity contribution in [1.82, 2.24) is 0 Å². The minimum Gasteiger partial charge on any atom is -0.299 e. The van der Waals surface area contributed by atoms with Crippen molar-refractivity contribution in [2.75, 3.05) is 0 Å². The van der Waals surface area contributed by atoms with Crippen molar-refractivity contribution in [2.45, 2.75) is 232 Å². The third-order valence-electron chi connectivity index (χ3n) is 8.91. The first-order valence-electron chi connectivity index (χ1n) is 19.1. The first kappa shape index (κ1) is 41.0. The van der Waals surface area contributed by atoms with E-state index in [1.54, 1.807) is 0 Å². The number of hydrogen-bond acceptors (Lipinski definition) is 3. The van der Waals surface area contributed by atoms with Crippen LogP contribution >= 0.6 is 0 Å². The summed E-state index contributed by atoms with van der Waals surface area (Å²) in [5.41, 5.74) is 0. The van der Waals surface area contributed by atoms with E-state index in [0.717, 1.165) is 25.7 Å². The van der Waals surface area contributed by atoms with E-state index in [2.05, 4.69) is 13.8 Å². The molecule has 0 amide bonds. The Morgan fingerprint density at radius 2 is 0.452 bits per heavy atom. The summed E-state index contributed by atoms with van der Waals surface area (Å²) in [6.45, 7) is 4.55. The van der Waals surface area contributed by atoms with Gasteiger partial charge in [0.2, 0.25) is 0 Å². The average Bonchev–Trinajstić information content (AvgIpc) is 2.97. The average molecular weight is 591 g/mol. The van der Waals surface area contributed by atoms with Gasteiger partial charge in [-0.15, -0.1) is 0 Å². The van der Waals surface area contributed by atoms with Crippen LogP contribution in [-0.4, -0.2) is 17.3 Å². The smallest absolute Gasteiger partial charge is 0.147 e. The lowest BCUT2D eigenvalue weighted by atomic mass is 10.0. The first-order valence-corrected chi connectivity index (χ1v) is 19.1. The van der Waals surface area contributed by atoms with Crippen molar-refractivity contribution in [3.63, 3.8) is 0 Å². The molecule has 0 radical (unpaired) electrons. The Hall–Kier alpha value is -0.990. The zero-order valence-corrected chi connectivity index (χ0v) is 28.8. The van der Waals surface area contributed by atoms with Crippen molar-refractivity contribution in [1.29, 1.82) is 0 Å². The Bertz CT molecular complexity index is 546. The molecule has 0 unspecified atom stereocenters. The monoisotopic (exact) mass is 591 g/mol. The fraction of sp³-hybridized carbons (Fsp3) is 0.923. The maximum atomic E-state index is 12.1. The number of hydrogen-bond donors (Lipinski definition) is 0. The molecule has 3 nitrogen and oxygen atoms in total. The number of Topliss-reactive ketones (excluding diaryl/α,β-unsaturated/α-hetero) is 3. The number of unbranched alkanes of at least 4 members (excludes halogenated alkanes) is 28. The summed E-state index contributed by atoms with van der Waals surface area (Å²) in [5, 5.41) is 0. The predicted octanol–water partition coefficient (Wildman–Crippen LogP) is 13.0. The number of rotatable bonds is 36. The van der Waals surface area contributed by atoms with Gasteiger partial charge < -0.3 is 0 Å². The fourth-order valence-electron chi connectivity index (χ4n) is 6.07. The van der Waals surface area contributed by atoms with E-state index in [0.29, 0.717) is 12.8 Å². The Balaban J connectivity index is 3.40. The molecule has 0 saturated carbocycles. The van der Waals surface area contributed by atoms with Crippen LogP contribution < -0.4 is 0 Å². The van der Waals surface area contributed by atoms with Gasteiger partial charge in [-0.05, 0) is 12.8 Å². The van der Waals surface area contributed by atoms with Crippen molar-refractivity contribution in [3.05, 3.63) is 0 Å². The Morgan fingerprint density at radius 1 is 0.262 bits per heavy atom. The van der Waals surface area contributed by atoms with Gasteiger partial charge in [0.25, 0.3) is 0 Å². The molecule has 0 aliphatic heterocycles. The van der Waals surface area contributed by atoms with Crippen LogP contribution in [0.3, 0.4) is 0 Å². The minimum atomic E-state index is -0.174. The summed E-state index contributed by atoms with van der Waals surface area (Å²) in [6, 6.07) is 0. The molecule has 0 heterocycles. The van der Waals surface area contributed by atoms with Crippen LogP contribution in [0.1, 0.15) is 232 Å². The molecule has 0 aromatic heterocycles. The van der Waals surface area contributed by atoms with E-state index >= 15 is 0 Å². The van der Waals surface area contributed by atoms with Crippen molar-refractivity contribution < 1.29 is 14.4 Å². The van der Waals surface area contributed by atoms with Crippen LogP contribution in [0.25, 0.3) is 0 Å². The first-order chi connectivity index (χ1) is 20.6. The van der Waals surface area contributed by atoms with Crippen molar-refractivity contribution in [2.24, 2.45) is 0 Å². The van der Waals surface area contributed by atoms with E-state index in [-0.39, 0.29) is 30.2 Å². The van der Waals surface area contributed by atoms with Gasteiger partial charge in [0, 0.05) is 12.8 Å². The molecular weight excluding hydrogens is 516 g/mol. The standard InChI is InChI=1S/C39H74O3/c1-3-5-7-9-11-13-15-17-19-21-23-25-27-29-31-33-37(40)35-39(42)36-38(41)34-32-30-28-26-24-22-20-18-16-14-12-10-8-6-4-2/h3-36H2,1-2H3. The molecule has 0 N–H and O–H groups in total. The lowest BCUT2D eigenvalue weighted by Crippen LogP contribution is -2.12. The van der Waals surface area contributed by atoms with E-state index in [4.69, 9.17) is 0 Å². The number of carbonyl (C=O) groups is 3. The highest BCUT2D eigenvalue weighted by atomic mass is 16.2. The number of ketones is 3. The summed E-state index contributed by atoms with van der Waals surface area (Å²) in [6.07, 6.45) is 40.2. The lowest BCUT2D eigenvalue weighted by molar-refractivity contribution is -0.130. The molecule has 0 bridgehead atoms. The van der Waals surface area contributed by atoms with Gasteiger partial charge in [-0.1, -0.05) is 194 Å². The molecule has 0 fully saturated rings. The summed E-state index contributed by atoms with van der Waals surface area (Å²) in [5.74, 6) is -0.129. The quantitative estimate of drug-likeness (QED) is 0.0538. The van der Waals surface area contributed by atoms with E-state index in [9.17, 15) is 14.4 Å². The maximum absolute atomic E-state index is 12.1. The third kappa shape index (κ3) is 33.5. The third-order valence-corrected chi connectivity index (χ3v) is 8.91. The predicted molar refractivity (Wildman–Crippen MR) is 183 cm³/mol. The highest BCUT2D eigenvalue weighted by Gasteiger charge is 2.13. The molecule has 3 heteroatoms. The van der Waals surface area contributed by atoms with Gasteiger partial charge in [0.05, 0.1) is 12.8 Å². The van der Waals surface area contributed by atoms with Crippen molar-refractivity contribution in [3.8, 4) is 0 Å². The van der Waals surface area contributed by atoms with Gasteiger partial charge in [0.1, 0.15) is 17.3 Å². The maximum Gasteiger partial charge on any atom is 0.147 e. The van der Waals surface area contributed by atoms with Crippen LogP contribution in [0.5, 0.6) is 0 Å². The molecule has 0 aliphatic rings. The molecule has 0 aromatic rings. The zero-order valence-electron chi connectivity index (χ0n) is 28.8. The second-order valence-corrected chi connectivity index (χ2v) is 13.4. The van der Waals surface area contributed by atoms with Crippen LogP contribution in [-0.2, 0) is 14.4 Å². The van der Waals surface area contributed by atoms with Crippen molar-refractivity contribution >= 4 is 17.3 Å². The minimum absolute atomic E-state index is 0.0227. The highest BCUT2D eigenvalue weighted by molar-refractivity contribution is 6.07. The van der Waals surface area contributed by atoms with Gasteiger partial charge in [-0.25, -0.2) is 0 Å². The SMILES string of the molecule is CCCCCCCCCCCCCCCCCC(=O)CC(=O)CC(=O)CCCCCCCCCCCCCCCCC. The van der Waals surface area contributed by atoms with Crippen LogP contribution in [0.4, 0.5) is 0 Å². The topological polar surface area (TPSA) is 51.2 Å². The number of carbonyl (C=O) groups excluding carboxylic acids is 3. The largest absolute Gasteiger partial charge is 0.299 e. The molecule has 0 aromatic carbocycles. The second-order valence-electron chi connectivity index (χ2n) is 13.4. The summed E-state index contributed by atoms with van der Waals surface area (Å²) >= 11 is 0. The van der Waals surface area contributed by atoms with E-state index < -0.39 is 0 Å². The Kier molecular flexibility index (Phi) is 33.7. The molecule has 0 rings (SSSR count). The Labute approximate surface area is 263 Å². The summed E-state index contributed by atoms with van der Waals surface area (Å²) < 4.78 is 0. The molecule has 0 atom stereocenters. The molecule has 248 valence electrons. The fourth-order valence-corrected chi connectivity index (χ4v) is 6.07. The van der Waals surface area contributed by atoms with Gasteiger partial charge >= 0.3 is 0 Å². The van der Waals surface area contributed by atoms with Crippen LogP contribution in [0.2, 0.25) is 0 Å². The molecule has 0 aliphatic carbocycles. The van der Waals surface area contributed by atoms with Gasteiger partial charge in [0.15, 0.2) is 0 Å². The van der Waals surface area contributed by atoms with E-state index in [1.165, 1.54) is 167 Å². The van der Waals surface area contributed by atoms with E-state index in [1.807, 2.05) is 0 Å². The molecule has 0 spiro atoms. The molecule has 42 heavy (non-hydrogen) atoms. The van der Waals surface area contributed by atoms with Crippen LogP contribution in [0.15, 0.2) is 0 Å². The molecule has 0 saturated heterocycles. The van der Waals surface area contributed by atoms with Gasteiger partial charge in [-0.3, -0.25) is 14.4 Å². The van der Waals surface area contributed by atoms with Gasteiger partial charge in [-0.2, -0.15) is 0 Å². The summed E-state index contributed by atoms with van der Waals surface area (Å²) in [7, 11) is 0. The summed E-state index contributed by atoms with van der Waals surface area (Å²) in [4.78, 5) is 36.4. The Morgan fingerprint density at radius 3 is 0.667 bits per heavy atom. The normalized spacial score (nSPS) is 11.3. The lowest BCUT2D eigenvalue weighted by Gasteiger charge is -2.04. The molecular formula is C39H74O3. The zero-order chi connectivity index (χ0) is 30.8. The second kappa shape index (κ2) is 34.5.